The number of nitrogens with zero attached hydrogens (tertiary/aromatic N) is 1. The number of hydrogen-bond donors (Lipinski definition) is 1. The van der Waals surface area contributed by atoms with Gasteiger partial charge in [0.1, 0.15) is 0 Å². The van der Waals surface area contributed by atoms with Crippen molar-refractivity contribution < 1.29 is 13.2 Å². The van der Waals surface area contributed by atoms with Gasteiger partial charge < -0.3 is 5.32 Å². The second-order valence-electron chi connectivity index (χ2n) is 5.34. The zero-order valence-electron chi connectivity index (χ0n) is 13.3. The Kier molecular flexibility index (Phi) is 5.55. The number of carbonyl (C=O) groups excluding carboxylic acids is 1. The predicted octanol–water partition coefficient (Wildman–Crippen LogP) is 3.80. The van der Waals surface area contributed by atoms with E-state index in [9.17, 15) is 13.2 Å². The topological polar surface area (TPSA) is 66.5 Å². The summed E-state index contributed by atoms with van der Waals surface area (Å²) in [6.45, 7) is 1.73. The molecule has 0 saturated heterocycles. The van der Waals surface area contributed by atoms with Gasteiger partial charge in [-0.3, -0.25) is 4.79 Å². The maximum absolute atomic E-state index is 12.5. The quantitative estimate of drug-likeness (QED) is 0.868. The van der Waals surface area contributed by atoms with Crippen LogP contribution in [0.5, 0.6) is 0 Å². The lowest BCUT2D eigenvalue weighted by atomic mass is 10.1. The van der Waals surface area contributed by atoms with Crippen LogP contribution in [0.3, 0.4) is 0 Å². The molecule has 0 unspecified atom stereocenters. The molecule has 128 valence electrons. The summed E-state index contributed by atoms with van der Waals surface area (Å²) in [5, 5.41) is 3.41. The van der Waals surface area contributed by atoms with Crippen LogP contribution in [0.2, 0.25) is 10.0 Å². The van der Waals surface area contributed by atoms with E-state index in [-0.39, 0.29) is 10.5 Å². The van der Waals surface area contributed by atoms with Crippen molar-refractivity contribution in [2.45, 2.75) is 11.8 Å². The van der Waals surface area contributed by atoms with E-state index < -0.39 is 15.9 Å². The van der Waals surface area contributed by atoms with E-state index in [0.29, 0.717) is 21.3 Å². The third-order valence-electron chi connectivity index (χ3n) is 3.41. The molecule has 1 amide bonds. The van der Waals surface area contributed by atoms with Gasteiger partial charge in [-0.05, 0) is 42.8 Å². The first-order chi connectivity index (χ1) is 11.1. The van der Waals surface area contributed by atoms with E-state index in [2.05, 4.69) is 5.32 Å². The molecule has 0 aliphatic heterocycles. The number of amides is 1. The first-order valence-corrected chi connectivity index (χ1v) is 9.12. The number of rotatable bonds is 4. The molecule has 2 rings (SSSR count). The van der Waals surface area contributed by atoms with Crippen LogP contribution in [0.1, 0.15) is 15.9 Å². The Morgan fingerprint density at radius 3 is 2.33 bits per heavy atom. The summed E-state index contributed by atoms with van der Waals surface area (Å²) in [6.07, 6.45) is 0. The van der Waals surface area contributed by atoms with Gasteiger partial charge in [-0.15, -0.1) is 0 Å². The summed E-state index contributed by atoms with van der Waals surface area (Å²) >= 11 is 11.9. The minimum absolute atomic E-state index is 0.0467. The summed E-state index contributed by atoms with van der Waals surface area (Å²) in [5.41, 5.74) is 1.30. The lowest BCUT2D eigenvalue weighted by Gasteiger charge is -2.14. The van der Waals surface area contributed by atoms with Crippen LogP contribution in [-0.2, 0) is 10.0 Å². The third kappa shape index (κ3) is 3.89. The third-order valence-corrected chi connectivity index (χ3v) is 5.77. The molecule has 5 nitrogen and oxygen atoms in total. The van der Waals surface area contributed by atoms with Gasteiger partial charge in [-0.1, -0.05) is 29.3 Å². The largest absolute Gasteiger partial charge is 0.321 e. The molecule has 1 N–H and O–H groups in total. The van der Waals surface area contributed by atoms with E-state index in [4.69, 9.17) is 23.2 Å². The number of halogens is 2. The summed E-state index contributed by atoms with van der Waals surface area (Å²) in [4.78, 5) is 12.6. The van der Waals surface area contributed by atoms with Crippen molar-refractivity contribution in [3.8, 4) is 0 Å². The molecule has 24 heavy (non-hydrogen) atoms. The van der Waals surface area contributed by atoms with Crippen molar-refractivity contribution >= 4 is 44.8 Å². The first-order valence-electron chi connectivity index (χ1n) is 6.92. The fraction of sp³-hybridized carbons (Fsp3) is 0.188. The molecule has 0 aliphatic rings. The lowest BCUT2D eigenvalue weighted by Crippen LogP contribution is -2.23. The molecule has 0 aliphatic carbocycles. The van der Waals surface area contributed by atoms with E-state index in [1.807, 2.05) is 0 Å². The highest BCUT2D eigenvalue weighted by Crippen LogP contribution is 2.26. The number of carbonyl (C=O) groups is 1. The second-order valence-corrected chi connectivity index (χ2v) is 8.34. The van der Waals surface area contributed by atoms with E-state index in [1.54, 1.807) is 25.1 Å². The number of hydrogen-bond acceptors (Lipinski definition) is 3. The second kappa shape index (κ2) is 7.11. The molecule has 8 heteroatoms. The highest BCUT2D eigenvalue weighted by Gasteiger charge is 2.20. The molecule has 0 spiro atoms. The van der Waals surface area contributed by atoms with Crippen molar-refractivity contribution in [2.75, 3.05) is 19.4 Å². The molecule has 2 aromatic rings. The highest BCUT2D eigenvalue weighted by atomic mass is 35.5. The maximum atomic E-state index is 12.5. The zero-order chi connectivity index (χ0) is 18.1. The maximum Gasteiger partial charge on any atom is 0.256 e. The standard InChI is InChI=1S/C16H16Cl2N2O3S/c1-10-4-6-12(24(22,23)20(2)3)9-13(10)16(21)19-15-7-5-11(17)8-14(15)18/h4-9H,1-3H3,(H,19,21). The molecule has 0 aromatic heterocycles. The number of sulfonamides is 1. The van der Waals surface area contributed by atoms with Crippen LogP contribution < -0.4 is 5.32 Å². The van der Waals surface area contributed by atoms with Crippen molar-refractivity contribution in [2.24, 2.45) is 0 Å². The number of benzene rings is 2. The molecule has 2 aromatic carbocycles. The molecular weight excluding hydrogens is 371 g/mol. The number of anilines is 1. The fourth-order valence-corrected chi connectivity index (χ4v) is 3.38. The normalized spacial score (nSPS) is 11.6. The molecule has 0 atom stereocenters. The van der Waals surface area contributed by atoms with Crippen LogP contribution in [0, 0.1) is 6.92 Å². The monoisotopic (exact) mass is 386 g/mol. The van der Waals surface area contributed by atoms with Crippen molar-refractivity contribution in [3.05, 3.63) is 57.6 Å². The Labute approximate surface area is 151 Å². The van der Waals surface area contributed by atoms with Gasteiger partial charge in [-0.25, -0.2) is 12.7 Å². The summed E-state index contributed by atoms with van der Waals surface area (Å²) in [7, 11) is -0.761. The smallest absolute Gasteiger partial charge is 0.256 e. The van der Waals surface area contributed by atoms with Gasteiger partial charge in [0, 0.05) is 24.7 Å². The predicted molar refractivity (Wildman–Crippen MR) is 96.5 cm³/mol. The van der Waals surface area contributed by atoms with Gasteiger partial charge in [-0.2, -0.15) is 0 Å². The van der Waals surface area contributed by atoms with Gasteiger partial charge >= 0.3 is 0 Å². The molecule has 0 fully saturated rings. The Hall–Kier alpha value is -1.60. The zero-order valence-corrected chi connectivity index (χ0v) is 15.6. The van der Waals surface area contributed by atoms with Gasteiger partial charge in [0.25, 0.3) is 5.91 Å². The van der Waals surface area contributed by atoms with Crippen LogP contribution in [0.4, 0.5) is 5.69 Å². The Balaban J connectivity index is 2.39. The Bertz CT molecular complexity index is 896. The number of nitrogens with one attached hydrogen (secondary N) is 1. The van der Waals surface area contributed by atoms with E-state index in [0.717, 1.165) is 4.31 Å². The van der Waals surface area contributed by atoms with Crippen LogP contribution in [0.25, 0.3) is 0 Å². The number of aryl methyl sites for hydroxylation is 1. The van der Waals surface area contributed by atoms with Crippen molar-refractivity contribution in [1.82, 2.24) is 4.31 Å². The van der Waals surface area contributed by atoms with E-state index in [1.165, 1.54) is 32.3 Å². The Morgan fingerprint density at radius 2 is 1.75 bits per heavy atom. The van der Waals surface area contributed by atoms with Crippen LogP contribution in [-0.4, -0.2) is 32.7 Å². The van der Waals surface area contributed by atoms with E-state index >= 15 is 0 Å². The highest BCUT2D eigenvalue weighted by molar-refractivity contribution is 7.89. The average Bonchev–Trinajstić information content (AvgIpc) is 2.50. The molecule has 0 heterocycles. The summed E-state index contributed by atoms with van der Waals surface area (Å²) < 4.78 is 25.5. The molecule has 0 bridgehead atoms. The summed E-state index contributed by atoms with van der Waals surface area (Å²) in [5.74, 6) is -0.451. The average molecular weight is 387 g/mol. The van der Waals surface area contributed by atoms with Crippen molar-refractivity contribution in [3.63, 3.8) is 0 Å². The van der Waals surface area contributed by atoms with Gasteiger partial charge in [0.05, 0.1) is 15.6 Å². The van der Waals surface area contributed by atoms with Crippen LogP contribution >= 0.6 is 23.2 Å². The lowest BCUT2D eigenvalue weighted by molar-refractivity contribution is 0.102. The summed E-state index contributed by atoms with van der Waals surface area (Å²) in [6, 6.07) is 9.11. The minimum atomic E-state index is -3.63. The van der Waals surface area contributed by atoms with Crippen LogP contribution in [0.15, 0.2) is 41.3 Å². The molecular formula is C16H16Cl2N2O3S. The van der Waals surface area contributed by atoms with Gasteiger partial charge in [0.2, 0.25) is 10.0 Å². The molecule has 0 saturated carbocycles. The van der Waals surface area contributed by atoms with Crippen molar-refractivity contribution in [1.29, 1.82) is 0 Å². The molecule has 0 radical (unpaired) electrons. The Morgan fingerprint density at radius 1 is 1.08 bits per heavy atom. The SMILES string of the molecule is Cc1ccc(S(=O)(=O)N(C)C)cc1C(=O)Nc1ccc(Cl)cc1Cl. The fourth-order valence-electron chi connectivity index (χ4n) is 2.00. The first kappa shape index (κ1) is 18.7. The minimum Gasteiger partial charge on any atom is -0.321 e. The van der Waals surface area contributed by atoms with Gasteiger partial charge in [0.15, 0.2) is 0 Å².